The van der Waals surface area contributed by atoms with E-state index in [1.807, 2.05) is 50.2 Å². The lowest BCUT2D eigenvalue weighted by Crippen LogP contribution is -2.34. The van der Waals surface area contributed by atoms with Gasteiger partial charge >= 0.3 is 6.03 Å². The summed E-state index contributed by atoms with van der Waals surface area (Å²) < 4.78 is 5.62. The van der Waals surface area contributed by atoms with Crippen molar-refractivity contribution in [2.45, 2.75) is 45.7 Å². The van der Waals surface area contributed by atoms with Crippen molar-refractivity contribution in [1.29, 1.82) is 0 Å². The van der Waals surface area contributed by atoms with E-state index in [0.717, 1.165) is 41.0 Å². The Balaban J connectivity index is 1.54. The lowest BCUT2D eigenvalue weighted by atomic mass is 10.0. The zero-order valence-corrected chi connectivity index (χ0v) is 17.9. The monoisotopic (exact) mass is 404 g/mol. The summed E-state index contributed by atoms with van der Waals surface area (Å²) in [6.07, 6.45) is 2.06. The first-order valence-corrected chi connectivity index (χ1v) is 10.4. The van der Waals surface area contributed by atoms with Crippen LogP contribution in [0.2, 0.25) is 0 Å². The fourth-order valence-corrected chi connectivity index (χ4v) is 4.11. The topological polar surface area (TPSA) is 75.3 Å². The van der Waals surface area contributed by atoms with Crippen LogP contribution in [-0.4, -0.2) is 24.2 Å². The molecule has 3 aromatic rings. The molecule has 0 bridgehead atoms. The number of hydrogen-bond acceptors (Lipinski definition) is 4. The van der Waals surface area contributed by atoms with E-state index >= 15 is 0 Å². The van der Waals surface area contributed by atoms with Gasteiger partial charge in [-0.2, -0.15) is 0 Å². The molecular weight excluding hydrogens is 376 g/mol. The molecule has 2 aromatic carbocycles. The van der Waals surface area contributed by atoms with Gasteiger partial charge in [-0.25, -0.2) is 9.78 Å². The van der Waals surface area contributed by atoms with E-state index in [-0.39, 0.29) is 18.1 Å². The number of amides is 2. The van der Waals surface area contributed by atoms with Crippen LogP contribution < -0.4 is 20.7 Å². The van der Waals surface area contributed by atoms with Crippen molar-refractivity contribution in [2.24, 2.45) is 0 Å². The summed E-state index contributed by atoms with van der Waals surface area (Å²) in [4.78, 5) is 16.7. The average molecular weight is 405 g/mol. The van der Waals surface area contributed by atoms with Crippen molar-refractivity contribution in [3.63, 3.8) is 0 Å². The maximum absolute atomic E-state index is 11.9. The number of nitrogens with one attached hydrogen (secondary N) is 3. The number of methoxy groups -OCH3 is 1. The van der Waals surface area contributed by atoms with E-state index in [1.54, 1.807) is 7.11 Å². The zero-order chi connectivity index (χ0) is 21.3. The van der Waals surface area contributed by atoms with Gasteiger partial charge in [0.1, 0.15) is 11.6 Å². The first-order chi connectivity index (χ1) is 14.4. The Labute approximate surface area is 177 Å². The number of carbonyl (C=O) groups is 1. The summed E-state index contributed by atoms with van der Waals surface area (Å²) in [6, 6.07) is 14.0. The summed E-state index contributed by atoms with van der Waals surface area (Å²) in [6.45, 7) is 6.01. The summed E-state index contributed by atoms with van der Waals surface area (Å²) in [5, 5.41) is 10.2. The first-order valence-electron chi connectivity index (χ1n) is 10.4. The number of aryl methyl sites for hydroxylation is 1. The molecule has 0 radical (unpaired) electrons. The summed E-state index contributed by atoms with van der Waals surface area (Å²) in [7, 11) is 1.72. The number of hydrogen-bond donors (Lipinski definition) is 3. The summed E-state index contributed by atoms with van der Waals surface area (Å²) >= 11 is 0. The molecular formula is C24H28N4O2. The van der Waals surface area contributed by atoms with Gasteiger partial charge in [0.15, 0.2) is 0 Å². The Kier molecular flexibility index (Phi) is 5.48. The first kappa shape index (κ1) is 20.0. The molecule has 1 unspecified atom stereocenters. The molecule has 1 aliphatic rings. The highest BCUT2D eigenvalue weighted by Crippen LogP contribution is 2.41. The predicted molar refractivity (Wildman–Crippen MR) is 121 cm³/mol. The van der Waals surface area contributed by atoms with Gasteiger partial charge in [0.25, 0.3) is 0 Å². The summed E-state index contributed by atoms with van der Waals surface area (Å²) in [5.41, 5.74) is 5.55. The molecule has 0 aliphatic heterocycles. The van der Waals surface area contributed by atoms with Crippen LogP contribution in [-0.2, 0) is 6.42 Å². The molecule has 0 spiro atoms. The van der Waals surface area contributed by atoms with Crippen molar-refractivity contribution < 1.29 is 9.53 Å². The van der Waals surface area contributed by atoms with Crippen LogP contribution in [0.5, 0.6) is 5.75 Å². The second-order valence-electron chi connectivity index (χ2n) is 8.07. The summed E-state index contributed by atoms with van der Waals surface area (Å²) in [5.74, 6) is 1.77. The molecule has 2 amide bonds. The van der Waals surface area contributed by atoms with Crippen molar-refractivity contribution >= 4 is 28.4 Å². The highest BCUT2D eigenvalue weighted by molar-refractivity contribution is 5.93. The van der Waals surface area contributed by atoms with E-state index in [4.69, 9.17) is 9.72 Å². The Hall–Kier alpha value is -3.28. The molecule has 0 saturated carbocycles. The third-order valence-corrected chi connectivity index (χ3v) is 5.49. The molecule has 4 rings (SSSR count). The van der Waals surface area contributed by atoms with Gasteiger partial charge in [-0.1, -0.05) is 6.07 Å². The van der Waals surface area contributed by atoms with Crippen LogP contribution in [0.1, 0.15) is 43.0 Å². The van der Waals surface area contributed by atoms with Gasteiger partial charge in [0.05, 0.1) is 18.7 Å². The highest BCUT2D eigenvalue weighted by Gasteiger charge is 2.27. The number of urea groups is 1. The quantitative estimate of drug-likeness (QED) is 0.548. The van der Waals surface area contributed by atoms with E-state index < -0.39 is 0 Å². The molecule has 1 aliphatic carbocycles. The third kappa shape index (κ3) is 4.03. The fraction of sp³-hybridized carbons (Fsp3) is 0.333. The number of carbonyl (C=O) groups excluding carboxylic acids is 1. The molecule has 0 fully saturated rings. The van der Waals surface area contributed by atoms with Crippen LogP contribution >= 0.6 is 0 Å². The molecule has 6 heteroatoms. The van der Waals surface area contributed by atoms with E-state index in [1.165, 1.54) is 16.7 Å². The SMILES string of the molecule is COc1ccc(C)c2c1C(Nc1ccc3cc(NC(=O)NC(C)C)ccc3n1)CC2. The van der Waals surface area contributed by atoms with E-state index in [0.29, 0.717) is 0 Å². The maximum atomic E-state index is 11.9. The van der Waals surface area contributed by atoms with Gasteiger partial charge in [0.2, 0.25) is 0 Å². The third-order valence-electron chi connectivity index (χ3n) is 5.49. The second-order valence-corrected chi connectivity index (χ2v) is 8.07. The minimum Gasteiger partial charge on any atom is -0.496 e. The Bertz CT molecular complexity index is 1090. The van der Waals surface area contributed by atoms with Crippen molar-refractivity contribution in [1.82, 2.24) is 10.3 Å². The molecule has 1 atom stereocenters. The molecule has 1 heterocycles. The predicted octanol–water partition coefficient (Wildman–Crippen LogP) is 5.18. The van der Waals surface area contributed by atoms with Gasteiger partial charge < -0.3 is 20.7 Å². The van der Waals surface area contributed by atoms with Crippen molar-refractivity contribution in [2.75, 3.05) is 17.7 Å². The van der Waals surface area contributed by atoms with Crippen LogP contribution in [0.4, 0.5) is 16.3 Å². The Morgan fingerprint density at radius 3 is 2.77 bits per heavy atom. The minimum atomic E-state index is -0.209. The normalized spacial score (nSPS) is 15.2. The molecule has 3 N–H and O–H groups in total. The standard InChI is InChI=1S/C24H28N4O2/c1-14(2)25-24(29)26-17-7-9-19-16(13-17)6-12-22(27-19)28-20-10-8-18-15(3)5-11-21(30-4)23(18)20/h5-7,9,11-14,20H,8,10H2,1-4H3,(H,27,28)(H2,25,26,29). The van der Waals surface area contributed by atoms with Gasteiger partial charge in [0, 0.05) is 22.7 Å². The van der Waals surface area contributed by atoms with Gasteiger partial charge in [-0.3, -0.25) is 0 Å². The smallest absolute Gasteiger partial charge is 0.319 e. The number of benzene rings is 2. The number of ether oxygens (including phenoxy) is 1. The lowest BCUT2D eigenvalue weighted by molar-refractivity contribution is 0.250. The van der Waals surface area contributed by atoms with Crippen LogP contribution in [0.15, 0.2) is 42.5 Å². The second kappa shape index (κ2) is 8.22. The largest absolute Gasteiger partial charge is 0.496 e. The highest BCUT2D eigenvalue weighted by atomic mass is 16.5. The van der Waals surface area contributed by atoms with Crippen LogP contribution in [0.25, 0.3) is 10.9 Å². The zero-order valence-electron chi connectivity index (χ0n) is 17.9. The van der Waals surface area contributed by atoms with Crippen molar-refractivity contribution in [3.8, 4) is 5.75 Å². The van der Waals surface area contributed by atoms with E-state index in [9.17, 15) is 4.79 Å². The van der Waals surface area contributed by atoms with Gasteiger partial charge in [-0.05, 0) is 81.1 Å². The molecule has 0 saturated heterocycles. The van der Waals surface area contributed by atoms with Crippen LogP contribution in [0.3, 0.4) is 0 Å². The number of fused-ring (bicyclic) bond motifs is 2. The van der Waals surface area contributed by atoms with E-state index in [2.05, 4.69) is 28.9 Å². The fourth-order valence-electron chi connectivity index (χ4n) is 4.11. The lowest BCUT2D eigenvalue weighted by Gasteiger charge is -2.18. The molecule has 156 valence electrons. The van der Waals surface area contributed by atoms with Gasteiger partial charge in [-0.15, -0.1) is 0 Å². The number of anilines is 2. The Morgan fingerprint density at radius 2 is 2.00 bits per heavy atom. The number of aromatic nitrogens is 1. The number of nitrogens with zero attached hydrogens (tertiary/aromatic N) is 1. The van der Waals surface area contributed by atoms with Crippen LogP contribution in [0, 0.1) is 6.92 Å². The minimum absolute atomic E-state index is 0.0869. The molecule has 1 aromatic heterocycles. The molecule has 30 heavy (non-hydrogen) atoms. The van der Waals surface area contributed by atoms with Crippen molar-refractivity contribution in [3.05, 3.63) is 59.2 Å². The molecule has 6 nitrogen and oxygen atoms in total. The number of rotatable bonds is 5. The Morgan fingerprint density at radius 1 is 1.17 bits per heavy atom. The number of pyridine rings is 1. The average Bonchev–Trinajstić information content (AvgIpc) is 3.12. The maximum Gasteiger partial charge on any atom is 0.319 e.